The van der Waals surface area contributed by atoms with Crippen molar-refractivity contribution < 1.29 is 14.3 Å². The lowest BCUT2D eigenvalue weighted by atomic mass is 9.85. The number of anilines is 1. The molecule has 2 aromatic heterocycles. The Morgan fingerprint density at radius 1 is 1.06 bits per heavy atom. The molecule has 12 heteroatoms. The Bertz CT molecular complexity index is 2210. The quantitative estimate of drug-likeness (QED) is 0.265. The van der Waals surface area contributed by atoms with Crippen molar-refractivity contribution in [1.82, 2.24) is 34.8 Å². The van der Waals surface area contributed by atoms with Crippen molar-refractivity contribution >= 4 is 34.0 Å². The van der Waals surface area contributed by atoms with Crippen LogP contribution in [0.3, 0.4) is 0 Å². The standard InChI is InChI=1S/C38H37N9O3/c1-44-24-40-36(43-44)30-6-4-3-5-29(30)25-11-15-46(16-12-25)34(48)22-45-17-13-38(23-45)14-18-47(37(38)49)28-9-10-32-31(20-28)35(42-41-32)26-7-8-27(21-39)33(19-26)50-2/h3-11,19-20,24H,12-18,22-23H2,1-2H3,(H,41,42)/t38-/m0/s1. The summed E-state index contributed by atoms with van der Waals surface area (Å²) in [5.41, 5.74) is 6.49. The van der Waals surface area contributed by atoms with Gasteiger partial charge in [-0.3, -0.25) is 24.3 Å². The fourth-order valence-electron chi connectivity index (χ4n) is 7.71. The first-order valence-electron chi connectivity index (χ1n) is 16.9. The minimum Gasteiger partial charge on any atom is -0.495 e. The van der Waals surface area contributed by atoms with Gasteiger partial charge in [-0.2, -0.15) is 15.5 Å². The summed E-state index contributed by atoms with van der Waals surface area (Å²) in [6, 6.07) is 21.6. The number of aryl methyl sites for hydroxylation is 1. The zero-order valence-electron chi connectivity index (χ0n) is 28.1. The second-order valence-corrected chi connectivity index (χ2v) is 13.4. The van der Waals surface area contributed by atoms with E-state index < -0.39 is 5.41 Å². The van der Waals surface area contributed by atoms with Crippen LogP contribution in [0.15, 0.2) is 73.1 Å². The first-order chi connectivity index (χ1) is 24.4. The van der Waals surface area contributed by atoms with Crippen molar-refractivity contribution in [3.63, 3.8) is 0 Å². The third kappa shape index (κ3) is 5.49. The van der Waals surface area contributed by atoms with Gasteiger partial charge >= 0.3 is 0 Å². The lowest BCUT2D eigenvalue weighted by Gasteiger charge is -2.29. The lowest BCUT2D eigenvalue weighted by molar-refractivity contribution is -0.132. The van der Waals surface area contributed by atoms with Gasteiger partial charge in [-0.15, -0.1) is 0 Å². The number of carbonyl (C=O) groups excluding carboxylic acids is 2. The molecule has 2 fully saturated rings. The second-order valence-electron chi connectivity index (χ2n) is 13.4. The fourth-order valence-corrected chi connectivity index (χ4v) is 7.71. The van der Waals surface area contributed by atoms with Crippen LogP contribution in [0.5, 0.6) is 5.75 Å². The van der Waals surface area contributed by atoms with Crippen LogP contribution >= 0.6 is 0 Å². The summed E-state index contributed by atoms with van der Waals surface area (Å²) in [6.07, 6.45) is 6.10. The normalized spacial score (nSPS) is 19.4. The highest BCUT2D eigenvalue weighted by Gasteiger charge is 2.51. The van der Waals surface area contributed by atoms with Gasteiger partial charge in [0.25, 0.3) is 0 Å². The van der Waals surface area contributed by atoms with Gasteiger partial charge < -0.3 is 14.5 Å². The zero-order valence-corrected chi connectivity index (χ0v) is 28.1. The first kappa shape index (κ1) is 31.5. The van der Waals surface area contributed by atoms with Crippen molar-refractivity contribution in [3.05, 3.63) is 84.2 Å². The lowest BCUT2D eigenvalue weighted by Crippen LogP contribution is -2.43. The number of ether oxygens (including phenoxy) is 1. The average molecular weight is 668 g/mol. The van der Waals surface area contributed by atoms with Crippen molar-refractivity contribution in [1.29, 1.82) is 5.26 Å². The average Bonchev–Trinajstić information content (AvgIpc) is 3.95. The Hall–Kier alpha value is -5.80. The Kier molecular flexibility index (Phi) is 7.92. The number of aromatic amines is 1. The molecule has 0 saturated carbocycles. The number of methoxy groups -OCH3 is 1. The van der Waals surface area contributed by atoms with Crippen LogP contribution in [-0.2, 0) is 16.6 Å². The van der Waals surface area contributed by atoms with E-state index >= 15 is 0 Å². The van der Waals surface area contributed by atoms with Gasteiger partial charge in [-0.1, -0.05) is 36.4 Å². The van der Waals surface area contributed by atoms with Crippen LogP contribution in [0.4, 0.5) is 5.69 Å². The number of amides is 2. The molecular formula is C38H37N9O3. The predicted molar refractivity (Wildman–Crippen MR) is 189 cm³/mol. The third-order valence-electron chi connectivity index (χ3n) is 10.4. The van der Waals surface area contributed by atoms with Crippen molar-refractivity contribution in [2.75, 3.05) is 51.3 Å². The Balaban J connectivity index is 0.928. The third-order valence-corrected chi connectivity index (χ3v) is 10.4. The van der Waals surface area contributed by atoms with Crippen LogP contribution in [-0.4, -0.2) is 93.0 Å². The van der Waals surface area contributed by atoms with Gasteiger partial charge in [-0.25, -0.2) is 4.98 Å². The van der Waals surface area contributed by atoms with E-state index in [9.17, 15) is 14.9 Å². The van der Waals surface area contributed by atoms with E-state index in [-0.39, 0.29) is 11.8 Å². The van der Waals surface area contributed by atoms with Gasteiger partial charge in [0.15, 0.2) is 5.82 Å². The van der Waals surface area contributed by atoms with Crippen LogP contribution in [0, 0.1) is 16.7 Å². The van der Waals surface area contributed by atoms with E-state index in [0.717, 1.165) is 64.8 Å². The molecule has 1 N–H and O–H groups in total. The maximum atomic E-state index is 14.1. The van der Waals surface area contributed by atoms with Crippen LogP contribution < -0.4 is 9.64 Å². The van der Waals surface area contributed by atoms with Crippen LogP contribution in [0.25, 0.3) is 39.1 Å². The number of hydrogen-bond acceptors (Lipinski definition) is 8. The number of rotatable bonds is 7. The number of nitriles is 1. The van der Waals surface area contributed by atoms with Crippen LogP contribution in [0.1, 0.15) is 30.4 Å². The minimum absolute atomic E-state index is 0.0942. The number of H-pyrrole nitrogens is 1. The molecule has 3 aliphatic rings. The summed E-state index contributed by atoms with van der Waals surface area (Å²) in [5, 5.41) is 22.4. The van der Waals surface area contributed by atoms with Crippen LogP contribution in [0.2, 0.25) is 0 Å². The van der Waals surface area contributed by atoms with E-state index in [0.29, 0.717) is 49.9 Å². The maximum absolute atomic E-state index is 14.1. The smallest absolute Gasteiger partial charge is 0.237 e. The fraction of sp³-hybridized carbons (Fsp3) is 0.316. The number of benzene rings is 3. The molecule has 3 aromatic carbocycles. The highest BCUT2D eigenvalue weighted by Crippen LogP contribution is 2.43. The van der Waals surface area contributed by atoms with Crippen molar-refractivity contribution in [2.45, 2.75) is 19.3 Å². The first-order valence-corrected chi connectivity index (χ1v) is 16.9. The van der Waals surface area contributed by atoms with E-state index in [1.54, 1.807) is 24.2 Å². The van der Waals surface area contributed by atoms with Gasteiger partial charge in [0.05, 0.1) is 30.1 Å². The molecule has 0 unspecified atom stereocenters. The highest BCUT2D eigenvalue weighted by molar-refractivity contribution is 6.03. The SMILES string of the molecule is COc1cc(-c2n[nH]c3ccc(N4CC[C@]5(CCN(CC(=O)N6CC=C(c7ccccc7-c7ncn(C)n7)CC6)C5)C4=O)cc23)ccc1C#N. The summed E-state index contributed by atoms with van der Waals surface area (Å²) < 4.78 is 7.12. The molecule has 12 nitrogen and oxygen atoms in total. The topological polar surface area (TPSA) is 136 Å². The molecule has 50 heavy (non-hydrogen) atoms. The number of nitrogens with zero attached hydrogens (tertiary/aromatic N) is 8. The number of carbonyl (C=O) groups is 2. The number of nitrogens with one attached hydrogen (secondary N) is 1. The molecule has 0 bridgehead atoms. The van der Waals surface area contributed by atoms with Gasteiger partial charge in [-0.05, 0) is 67.3 Å². The summed E-state index contributed by atoms with van der Waals surface area (Å²) in [6.45, 7) is 3.43. The number of hydrogen-bond donors (Lipinski definition) is 1. The Labute approximate surface area is 289 Å². The molecule has 1 atom stereocenters. The monoisotopic (exact) mass is 667 g/mol. The molecule has 2 saturated heterocycles. The number of likely N-dealkylation sites (tertiary alicyclic amines) is 1. The molecule has 0 aliphatic carbocycles. The zero-order chi connectivity index (χ0) is 34.4. The van der Waals surface area contributed by atoms with Gasteiger partial charge in [0, 0.05) is 55.4 Å². The molecule has 2 amide bonds. The highest BCUT2D eigenvalue weighted by atomic mass is 16.5. The minimum atomic E-state index is -0.493. The molecule has 5 heterocycles. The molecule has 0 radical (unpaired) electrons. The summed E-state index contributed by atoms with van der Waals surface area (Å²) in [4.78, 5) is 38.0. The second kappa shape index (κ2) is 12.6. The van der Waals surface area contributed by atoms with Crippen molar-refractivity contribution in [2.24, 2.45) is 12.5 Å². The van der Waals surface area contributed by atoms with Gasteiger partial charge in [0.1, 0.15) is 23.8 Å². The van der Waals surface area contributed by atoms with E-state index in [1.165, 1.54) is 5.57 Å². The van der Waals surface area contributed by atoms with E-state index in [1.807, 2.05) is 65.4 Å². The largest absolute Gasteiger partial charge is 0.495 e. The molecule has 8 rings (SSSR count). The molecule has 1 spiro atoms. The molecule has 3 aliphatic heterocycles. The molecule has 252 valence electrons. The van der Waals surface area contributed by atoms with E-state index in [4.69, 9.17) is 4.74 Å². The molecule has 5 aromatic rings. The molecular weight excluding hydrogens is 630 g/mol. The number of fused-ring (bicyclic) bond motifs is 1. The summed E-state index contributed by atoms with van der Waals surface area (Å²) in [7, 11) is 3.40. The summed E-state index contributed by atoms with van der Waals surface area (Å²) in [5.74, 6) is 1.39. The maximum Gasteiger partial charge on any atom is 0.237 e. The Morgan fingerprint density at radius 3 is 2.66 bits per heavy atom. The van der Waals surface area contributed by atoms with E-state index in [2.05, 4.69) is 43.4 Å². The van der Waals surface area contributed by atoms with Crippen molar-refractivity contribution in [3.8, 4) is 34.5 Å². The van der Waals surface area contributed by atoms with Gasteiger partial charge in [0.2, 0.25) is 11.8 Å². The Morgan fingerprint density at radius 2 is 1.90 bits per heavy atom. The summed E-state index contributed by atoms with van der Waals surface area (Å²) >= 11 is 0. The number of aromatic nitrogens is 5. The predicted octanol–water partition coefficient (Wildman–Crippen LogP) is 4.65.